The summed E-state index contributed by atoms with van der Waals surface area (Å²) in [6.07, 6.45) is 0.256. The lowest BCUT2D eigenvalue weighted by Crippen LogP contribution is -2.16. The van der Waals surface area contributed by atoms with Gasteiger partial charge in [-0.1, -0.05) is 48.5 Å². The Morgan fingerprint density at radius 1 is 1.04 bits per heavy atom. The Labute approximate surface area is 137 Å². The molecule has 0 atom stereocenters. The van der Waals surface area contributed by atoms with Crippen molar-refractivity contribution in [2.75, 3.05) is 12.4 Å². The summed E-state index contributed by atoms with van der Waals surface area (Å²) in [6, 6.07) is 17.1. The maximum Gasteiger partial charge on any atom is 0.350 e. The Hall–Kier alpha value is -2.66. The van der Waals surface area contributed by atoms with Gasteiger partial charge in [-0.3, -0.25) is 4.79 Å². The quantitative estimate of drug-likeness (QED) is 0.741. The van der Waals surface area contributed by atoms with Crippen molar-refractivity contribution in [2.45, 2.75) is 6.42 Å². The van der Waals surface area contributed by atoms with Crippen LogP contribution in [0.2, 0.25) is 0 Å². The van der Waals surface area contributed by atoms with Crippen LogP contribution >= 0.6 is 11.3 Å². The highest BCUT2D eigenvalue weighted by Crippen LogP contribution is 2.36. The highest BCUT2D eigenvalue weighted by Gasteiger charge is 2.20. The number of methoxy groups -OCH3 is 1. The van der Waals surface area contributed by atoms with E-state index in [1.165, 1.54) is 18.4 Å². The minimum atomic E-state index is -0.443. The smallest absolute Gasteiger partial charge is 0.350 e. The first kappa shape index (κ1) is 15.2. The molecule has 1 heterocycles. The normalized spacial score (nSPS) is 10.5. The van der Waals surface area contributed by atoms with Gasteiger partial charge in [-0.15, -0.1) is 11.3 Å². The van der Waals surface area contributed by atoms with Crippen molar-refractivity contribution in [3.05, 3.63) is 65.0 Å². The zero-order chi connectivity index (χ0) is 16.2. The molecular weight excluding hydrogens is 310 g/mol. The van der Waals surface area contributed by atoms with E-state index in [-0.39, 0.29) is 12.3 Å². The topological polar surface area (TPSA) is 55.4 Å². The van der Waals surface area contributed by atoms with Crippen molar-refractivity contribution in [1.82, 2.24) is 0 Å². The molecule has 116 valence electrons. The summed E-state index contributed by atoms with van der Waals surface area (Å²) < 4.78 is 5.76. The molecule has 1 amide bonds. The van der Waals surface area contributed by atoms with Crippen molar-refractivity contribution < 1.29 is 14.3 Å². The summed E-state index contributed by atoms with van der Waals surface area (Å²) in [4.78, 5) is 24.7. The number of nitrogens with one attached hydrogen (secondary N) is 1. The van der Waals surface area contributed by atoms with Gasteiger partial charge in [-0.05, 0) is 11.6 Å². The first-order valence-corrected chi connectivity index (χ1v) is 7.94. The van der Waals surface area contributed by atoms with Crippen molar-refractivity contribution in [1.29, 1.82) is 0 Å². The fourth-order valence-electron chi connectivity index (χ4n) is 2.37. The van der Waals surface area contributed by atoms with E-state index in [9.17, 15) is 9.59 Å². The maximum absolute atomic E-state index is 12.3. The zero-order valence-electron chi connectivity index (χ0n) is 12.5. The number of fused-ring (bicyclic) bond motifs is 1. The molecule has 0 aliphatic carbocycles. The Kier molecular flexibility index (Phi) is 4.39. The average Bonchev–Trinajstić information content (AvgIpc) is 2.94. The van der Waals surface area contributed by atoms with Crippen LogP contribution in [-0.4, -0.2) is 19.0 Å². The molecule has 0 spiro atoms. The number of benzene rings is 2. The van der Waals surface area contributed by atoms with Crippen LogP contribution in [0.4, 0.5) is 5.69 Å². The van der Waals surface area contributed by atoms with Crippen LogP contribution in [0.15, 0.2) is 54.6 Å². The SMILES string of the molecule is COC(=O)c1sc2ccccc2c1NC(=O)Cc1ccccc1. The molecule has 0 saturated heterocycles. The van der Waals surface area contributed by atoms with Crippen LogP contribution in [0.5, 0.6) is 0 Å². The van der Waals surface area contributed by atoms with E-state index in [1.807, 2.05) is 54.6 Å². The van der Waals surface area contributed by atoms with Gasteiger partial charge >= 0.3 is 5.97 Å². The maximum atomic E-state index is 12.3. The number of rotatable bonds is 4. The van der Waals surface area contributed by atoms with Crippen LogP contribution in [0, 0.1) is 0 Å². The Morgan fingerprint density at radius 3 is 2.48 bits per heavy atom. The van der Waals surface area contributed by atoms with Gasteiger partial charge in [0.1, 0.15) is 4.88 Å². The first-order valence-electron chi connectivity index (χ1n) is 7.12. The number of carbonyl (C=O) groups excluding carboxylic acids is 2. The van der Waals surface area contributed by atoms with Crippen LogP contribution in [0.3, 0.4) is 0 Å². The van der Waals surface area contributed by atoms with Crippen LogP contribution in [0.1, 0.15) is 15.2 Å². The van der Waals surface area contributed by atoms with Gasteiger partial charge in [-0.25, -0.2) is 4.79 Å². The third-order valence-electron chi connectivity index (χ3n) is 3.44. The van der Waals surface area contributed by atoms with Gasteiger partial charge in [-0.2, -0.15) is 0 Å². The Morgan fingerprint density at radius 2 is 1.74 bits per heavy atom. The lowest BCUT2D eigenvalue weighted by atomic mass is 10.1. The Bertz CT molecular complexity index is 855. The number of amides is 1. The zero-order valence-corrected chi connectivity index (χ0v) is 13.4. The van der Waals surface area contributed by atoms with Crippen molar-refractivity contribution in [2.24, 2.45) is 0 Å². The predicted molar refractivity (Wildman–Crippen MR) is 91.9 cm³/mol. The van der Waals surface area contributed by atoms with Crippen molar-refractivity contribution >= 4 is 39.0 Å². The molecule has 0 unspecified atom stereocenters. The molecule has 23 heavy (non-hydrogen) atoms. The van der Waals surface area contributed by atoms with E-state index in [0.29, 0.717) is 10.6 Å². The van der Waals surface area contributed by atoms with E-state index >= 15 is 0 Å². The van der Waals surface area contributed by atoms with Gasteiger partial charge in [0.05, 0.1) is 19.2 Å². The summed E-state index contributed by atoms with van der Waals surface area (Å²) in [6.45, 7) is 0. The largest absolute Gasteiger partial charge is 0.465 e. The lowest BCUT2D eigenvalue weighted by Gasteiger charge is -2.07. The summed E-state index contributed by atoms with van der Waals surface area (Å²) >= 11 is 1.32. The third-order valence-corrected chi connectivity index (χ3v) is 4.59. The molecule has 3 aromatic rings. The van der Waals surface area contributed by atoms with Gasteiger partial charge < -0.3 is 10.1 Å². The van der Waals surface area contributed by atoms with Crippen molar-refractivity contribution in [3.63, 3.8) is 0 Å². The monoisotopic (exact) mass is 325 g/mol. The lowest BCUT2D eigenvalue weighted by molar-refractivity contribution is -0.115. The minimum Gasteiger partial charge on any atom is -0.465 e. The molecule has 0 fully saturated rings. The number of thiophene rings is 1. The minimum absolute atomic E-state index is 0.162. The number of hydrogen-bond acceptors (Lipinski definition) is 4. The van der Waals surface area contributed by atoms with E-state index in [0.717, 1.165) is 15.6 Å². The molecule has 0 bridgehead atoms. The molecule has 0 radical (unpaired) electrons. The summed E-state index contributed by atoms with van der Waals surface area (Å²) in [7, 11) is 1.34. The number of hydrogen-bond donors (Lipinski definition) is 1. The molecule has 1 aromatic heterocycles. The molecule has 0 aliphatic rings. The molecule has 0 saturated carbocycles. The molecule has 2 aromatic carbocycles. The molecule has 5 heteroatoms. The third kappa shape index (κ3) is 3.24. The van der Waals surface area contributed by atoms with E-state index in [2.05, 4.69) is 5.32 Å². The Balaban J connectivity index is 1.92. The summed E-state index contributed by atoms with van der Waals surface area (Å²) in [5.74, 6) is -0.605. The molecular formula is C18H15NO3S. The second kappa shape index (κ2) is 6.62. The average molecular weight is 325 g/mol. The molecule has 0 aliphatic heterocycles. The van der Waals surface area contributed by atoms with Gasteiger partial charge in [0.2, 0.25) is 5.91 Å². The second-order valence-electron chi connectivity index (χ2n) is 5.00. The van der Waals surface area contributed by atoms with Gasteiger partial charge in [0.15, 0.2) is 0 Å². The molecule has 4 nitrogen and oxygen atoms in total. The second-order valence-corrected chi connectivity index (χ2v) is 6.06. The van der Waals surface area contributed by atoms with Crippen molar-refractivity contribution in [3.8, 4) is 0 Å². The van der Waals surface area contributed by atoms with Crippen LogP contribution in [-0.2, 0) is 16.0 Å². The van der Waals surface area contributed by atoms with E-state index in [4.69, 9.17) is 4.74 Å². The summed E-state index contributed by atoms with van der Waals surface area (Å²) in [5, 5.41) is 3.71. The number of ether oxygens (including phenoxy) is 1. The molecule has 1 N–H and O–H groups in total. The fraction of sp³-hybridized carbons (Fsp3) is 0.111. The number of anilines is 1. The van der Waals surface area contributed by atoms with Crippen LogP contribution < -0.4 is 5.32 Å². The number of carbonyl (C=O) groups is 2. The summed E-state index contributed by atoms with van der Waals surface area (Å²) in [5.41, 5.74) is 1.45. The van der Waals surface area contributed by atoms with E-state index < -0.39 is 5.97 Å². The van der Waals surface area contributed by atoms with Gasteiger partial charge in [0, 0.05) is 10.1 Å². The number of esters is 1. The molecule has 3 rings (SSSR count). The van der Waals surface area contributed by atoms with Gasteiger partial charge in [0.25, 0.3) is 0 Å². The highest BCUT2D eigenvalue weighted by atomic mass is 32.1. The standard InChI is InChI=1S/C18H15NO3S/c1-22-18(21)17-16(13-9-5-6-10-14(13)23-17)19-15(20)11-12-7-3-2-4-8-12/h2-10H,11H2,1H3,(H,19,20). The fourth-order valence-corrected chi connectivity index (χ4v) is 3.45. The highest BCUT2D eigenvalue weighted by molar-refractivity contribution is 7.21. The predicted octanol–water partition coefficient (Wildman–Crippen LogP) is 3.87. The van der Waals surface area contributed by atoms with E-state index in [1.54, 1.807) is 0 Å². The first-order chi connectivity index (χ1) is 11.2. The van der Waals surface area contributed by atoms with Crippen LogP contribution in [0.25, 0.3) is 10.1 Å².